The van der Waals surface area contributed by atoms with Gasteiger partial charge in [-0.05, 0) is 6.92 Å². The maximum atomic E-state index is 4.31. The summed E-state index contributed by atoms with van der Waals surface area (Å²) in [5, 5.41) is 0. The normalized spacial score (nSPS) is 10.8. The molecule has 14 heavy (non-hydrogen) atoms. The molecule has 0 fully saturated rings. The van der Waals surface area contributed by atoms with Crippen molar-refractivity contribution in [2.45, 2.75) is 13.5 Å². The number of aryl methyl sites for hydroxylation is 1. The van der Waals surface area contributed by atoms with Crippen molar-refractivity contribution >= 4 is 17.0 Å². The molecule has 0 saturated carbocycles. The number of hydrogen-bond acceptors (Lipinski definition) is 4. The Morgan fingerprint density at radius 3 is 2.71 bits per heavy atom. The van der Waals surface area contributed by atoms with Crippen molar-refractivity contribution < 1.29 is 0 Å². The first-order valence-electron chi connectivity index (χ1n) is 4.57. The number of anilines is 1. The van der Waals surface area contributed by atoms with E-state index in [-0.39, 0.29) is 0 Å². The molecule has 0 saturated heterocycles. The van der Waals surface area contributed by atoms with E-state index < -0.39 is 0 Å². The Morgan fingerprint density at radius 2 is 2.07 bits per heavy atom. The van der Waals surface area contributed by atoms with Crippen molar-refractivity contribution in [1.29, 1.82) is 0 Å². The van der Waals surface area contributed by atoms with Gasteiger partial charge in [-0.2, -0.15) is 0 Å². The molecular weight excluding hydrogens is 178 g/mol. The largest absolute Gasteiger partial charge is 0.361 e. The van der Waals surface area contributed by atoms with Crippen LogP contribution in [0.15, 0.2) is 12.7 Å². The third kappa shape index (κ3) is 1.21. The van der Waals surface area contributed by atoms with Gasteiger partial charge in [0.2, 0.25) is 0 Å². The molecule has 0 unspecified atom stereocenters. The van der Waals surface area contributed by atoms with Crippen LogP contribution in [0.25, 0.3) is 11.2 Å². The highest BCUT2D eigenvalue weighted by atomic mass is 15.2. The number of imidazole rings is 1. The van der Waals surface area contributed by atoms with Gasteiger partial charge in [-0.15, -0.1) is 0 Å². The van der Waals surface area contributed by atoms with Crippen LogP contribution in [0, 0.1) is 0 Å². The third-order valence-corrected chi connectivity index (χ3v) is 2.15. The molecule has 0 aliphatic carbocycles. The second kappa shape index (κ2) is 3.25. The topological polar surface area (TPSA) is 46.8 Å². The lowest BCUT2D eigenvalue weighted by Crippen LogP contribution is -2.11. The van der Waals surface area contributed by atoms with Crippen LogP contribution in [0.4, 0.5) is 5.82 Å². The summed E-state index contributed by atoms with van der Waals surface area (Å²) in [5.41, 5.74) is 1.76. The van der Waals surface area contributed by atoms with Gasteiger partial charge in [-0.25, -0.2) is 15.0 Å². The fraction of sp³-hybridized carbons (Fsp3) is 0.444. The average molecular weight is 191 g/mol. The van der Waals surface area contributed by atoms with Crippen molar-refractivity contribution in [3.8, 4) is 0 Å². The molecule has 0 bridgehead atoms. The van der Waals surface area contributed by atoms with Crippen LogP contribution in [0.2, 0.25) is 0 Å². The Morgan fingerprint density at radius 1 is 1.29 bits per heavy atom. The first-order valence-corrected chi connectivity index (χ1v) is 4.57. The predicted octanol–water partition coefficient (Wildman–Crippen LogP) is 0.912. The van der Waals surface area contributed by atoms with Crippen LogP contribution >= 0.6 is 0 Å². The molecule has 2 aromatic heterocycles. The van der Waals surface area contributed by atoms with E-state index >= 15 is 0 Å². The Hall–Kier alpha value is -1.65. The minimum Gasteiger partial charge on any atom is -0.361 e. The molecule has 74 valence electrons. The van der Waals surface area contributed by atoms with Crippen LogP contribution in [0.1, 0.15) is 6.92 Å². The lowest BCUT2D eigenvalue weighted by molar-refractivity contribution is 0.777. The maximum absolute atomic E-state index is 4.31. The number of rotatable bonds is 2. The molecule has 0 aliphatic rings. The lowest BCUT2D eigenvalue weighted by Gasteiger charge is -2.10. The van der Waals surface area contributed by atoms with Crippen LogP contribution in [-0.4, -0.2) is 33.6 Å². The monoisotopic (exact) mass is 191 g/mol. The lowest BCUT2D eigenvalue weighted by atomic mass is 10.4. The second-order valence-corrected chi connectivity index (χ2v) is 3.29. The van der Waals surface area contributed by atoms with E-state index in [0.717, 1.165) is 23.5 Å². The fourth-order valence-electron chi connectivity index (χ4n) is 1.43. The Bertz CT molecular complexity index is 445. The van der Waals surface area contributed by atoms with E-state index in [1.54, 1.807) is 12.7 Å². The molecule has 0 aromatic carbocycles. The van der Waals surface area contributed by atoms with Crippen molar-refractivity contribution in [2.75, 3.05) is 19.0 Å². The summed E-state index contributed by atoms with van der Waals surface area (Å²) >= 11 is 0. The van der Waals surface area contributed by atoms with Gasteiger partial charge in [0.25, 0.3) is 0 Å². The third-order valence-electron chi connectivity index (χ3n) is 2.15. The van der Waals surface area contributed by atoms with Crippen molar-refractivity contribution in [2.24, 2.45) is 0 Å². The molecule has 2 heterocycles. The number of fused-ring (bicyclic) bond motifs is 1. The molecule has 0 radical (unpaired) electrons. The molecule has 0 aliphatic heterocycles. The molecular formula is C9H13N5. The quantitative estimate of drug-likeness (QED) is 0.708. The Kier molecular flexibility index (Phi) is 2.07. The zero-order valence-electron chi connectivity index (χ0n) is 8.60. The summed E-state index contributed by atoms with van der Waals surface area (Å²) in [5.74, 6) is 0.863. The van der Waals surface area contributed by atoms with Crippen LogP contribution in [-0.2, 0) is 6.54 Å². The summed E-state index contributed by atoms with van der Waals surface area (Å²) < 4.78 is 2.00. The zero-order chi connectivity index (χ0) is 10.1. The number of nitrogens with zero attached hydrogens (tertiary/aromatic N) is 5. The van der Waals surface area contributed by atoms with Gasteiger partial charge in [-0.3, -0.25) is 0 Å². The predicted molar refractivity (Wildman–Crippen MR) is 55.3 cm³/mol. The maximum Gasteiger partial charge on any atom is 0.165 e. The van der Waals surface area contributed by atoms with Crippen LogP contribution < -0.4 is 4.90 Å². The molecule has 5 heteroatoms. The molecule has 0 spiro atoms. The fourth-order valence-corrected chi connectivity index (χ4v) is 1.43. The Balaban J connectivity index is 2.70. The van der Waals surface area contributed by atoms with Crippen molar-refractivity contribution in [1.82, 2.24) is 19.5 Å². The smallest absolute Gasteiger partial charge is 0.165 e. The number of aromatic nitrogens is 4. The summed E-state index contributed by atoms with van der Waals surface area (Å²) in [6.45, 7) is 2.94. The van der Waals surface area contributed by atoms with Crippen LogP contribution in [0.5, 0.6) is 0 Å². The molecule has 0 amide bonds. The highest BCUT2D eigenvalue weighted by Gasteiger charge is 2.09. The Labute approximate surface area is 82.4 Å². The standard InChI is InChI=1S/C9H13N5/c1-4-14-6-12-7-8(13(2)3)10-5-11-9(7)14/h5-6H,4H2,1-3H3. The molecule has 2 aromatic rings. The summed E-state index contributed by atoms with van der Waals surface area (Å²) in [6, 6.07) is 0. The highest BCUT2D eigenvalue weighted by molar-refractivity contribution is 5.82. The molecule has 5 nitrogen and oxygen atoms in total. The van der Waals surface area contributed by atoms with Gasteiger partial charge < -0.3 is 9.47 Å². The average Bonchev–Trinajstić information content (AvgIpc) is 2.59. The summed E-state index contributed by atoms with van der Waals surface area (Å²) in [6.07, 6.45) is 3.37. The molecule has 0 N–H and O–H groups in total. The minimum absolute atomic E-state index is 0.861. The van der Waals surface area contributed by atoms with Gasteiger partial charge in [0.1, 0.15) is 6.33 Å². The van der Waals surface area contributed by atoms with Crippen molar-refractivity contribution in [3.63, 3.8) is 0 Å². The minimum atomic E-state index is 0.861. The van der Waals surface area contributed by atoms with Gasteiger partial charge in [0.15, 0.2) is 17.0 Å². The SMILES string of the molecule is CCn1cnc2c(N(C)C)ncnc21. The van der Waals surface area contributed by atoms with Crippen molar-refractivity contribution in [3.05, 3.63) is 12.7 Å². The first-order chi connectivity index (χ1) is 6.74. The second-order valence-electron chi connectivity index (χ2n) is 3.29. The van der Waals surface area contributed by atoms with E-state index in [9.17, 15) is 0 Å². The van der Waals surface area contributed by atoms with E-state index in [1.807, 2.05) is 23.6 Å². The van der Waals surface area contributed by atoms with Gasteiger partial charge in [0.05, 0.1) is 6.33 Å². The zero-order valence-corrected chi connectivity index (χ0v) is 8.60. The molecule has 0 atom stereocenters. The van der Waals surface area contributed by atoms with Gasteiger partial charge in [0, 0.05) is 20.6 Å². The summed E-state index contributed by atoms with van der Waals surface area (Å²) in [4.78, 5) is 14.7. The van der Waals surface area contributed by atoms with E-state index in [2.05, 4.69) is 21.9 Å². The van der Waals surface area contributed by atoms with E-state index in [0.29, 0.717) is 0 Å². The number of hydrogen-bond donors (Lipinski definition) is 0. The highest BCUT2D eigenvalue weighted by Crippen LogP contribution is 2.18. The van der Waals surface area contributed by atoms with E-state index in [4.69, 9.17) is 0 Å². The van der Waals surface area contributed by atoms with Gasteiger partial charge in [-0.1, -0.05) is 0 Å². The summed E-state index contributed by atoms with van der Waals surface area (Å²) in [7, 11) is 3.90. The molecule has 2 rings (SSSR count). The van der Waals surface area contributed by atoms with E-state index in [1.165, 1.54) is 0 Å². The van der Waals surface area contributed by atoms with Gasteiger partial charge >= 0.3 is 0 Å². The van der Waals surface area contributed by atoms with Crippen LogP contribution in [0.3, 0.4) is 0 Å². The first kappa shape index (κ1) is 8.93.